The Morgan fingerprint density at radius 1 is 1.42 bits per heavy atom. The molecule has 1 aromatic heterocycles. The molecule has 0 saturated carbocycles. The first-order valence-corrected chi connectivity index (χ1v) is 7.66. The Balaban J connectivity index is 2.02. The molecule has 0 spiro atoms. The summed E-state index contributed by atoms with van der Waals surface area (Å²) in [6.45, 7) is 8.36. The second-order valence-electron chi connectivity index (χ2n) is 6.28. The van der Waals surface area contributed by atoms with Crippen molar-refractivity contribution < 1.29 is 14.6 Å². The van der Waals surface area contributed by atoms with Crippen molar-refractivity contribution in [2.24, 2.45) is 5.10 Å². The molecule has 7 heteroatoms. The highest BCUT2D eigenvalue weighted by Crippen LogP contribution is 2.26. The molecule has 0 aliphatic rings. The number of aromatic amines is 1. The number of benzene rings is 1. The second-order valence-corrected chi connectivity index (χ2v) is 6.28. The number of carbonyl (C=O) groups excluding carboxylic acids is 1. The Morgan fingerprint density at radius 2 is 2.17 bits per heavy atom. The number of nitrogens with zero attached hydrogens (tertiary/aromatic N) is 2. The molecule has 0 unspecified atom stereocenters. The predicted molar refractivity (Wildman–Crippen MR) is 91.6 cm³/mol. The first-order valence-electron chi connectivity index (χ1n) is 7.66. The fraction of sp³-hybridized carbons (Fsp3) is 0.353. The molecule has 0 atom stereocenters. The summed E-state index contributed by atoms with van der Waals surface area (Å²) in [5, 5.41) is 20.4. The smallest absolute Gasteiger partial charge is 0.291 e. The van der Waals surface area contributed by atoms with Gasteiger partial charge in [-0.3, -0.25) is 9.89 Å². The molecule has 2 rings (SSSR count). The quantitative estimate of drug-likeness (QED) is 0.579. The predicted octanol–water partition coefficient (Wildman–Crippen LogP) is 2.58. The molecule has 0 bridgehead atoms. The molecule has 7 nitrogen and oxygen atoms in total. The van der Waals surface area contributed by atoms with Crippen LogP contribution in [0, 0.1) is 0 Å². The van der Waals surface area contributed by atoms with E-state index < -0.39 is 5.91 Å². The van der Waals surface area contributed by atoms with Crippen molar-refractivity contribution in [1.82, 2.24) is 15.6 Å². The normalized spacial score (nSPS) is 11.7. The number of hydrogen-bond donors (Lipinski definition) is 3. The number of carbonyl (C=O) groups is 1. The number of nitrogens with one attached hydrogen (secondary N) is 2. The van der Waals surface area contributed by atoms with Crippen LogP contribution in [0.5, 0.6) is 11.5 Å². The largest absolute Gasteiger partial charge is 0.504 e. The van der Waals surface area contributed by atoms with Crippen molar-refractivity contribution in [3.63, 3.8) is 0 Å². The van der Waals surface area contributed by atoms with Crippen molar-refractivity contribution in [2.75, 3.05) is 6.61 Å². The van der Waals surface area contributed by atoms with Crippen molar-refractivity contribution in [3.05, 3.63) is 41.2 Å². The van der Waals surface area contributed by atoms with Gasteiger partial charge in [0.25, 0.3) is 5.91 Å². The number of rotatable bonds is 5. The van der Waals surface area contributed by atoms with Gasteiger partial charge in [0.1, 0.15) is 0 Å². The number of hydrazone groups is 1. The maximum absolute atomic E-state index is 12.0. The molecular weight excluding hydrogens is 308 g/mol. The van der Waals surface area contributed by atoms with E-state index in [2.05, 4.69) is 20.7 Å². The third-order valence-corrected chi connectivity index (χ3v) is 3.28. The topological polar surface area (TPSA) is 99.6 Å². The number of aromatic nitrogens is 2. The number of ether oxygens (including phenoxy) is 1. The van der Waals surface area contributed by atoms with E-state index in [1.54, 1.807) is 18.2 Å². The average Bonchev–Trinajstić information content (AvgIpc) is 3.01. The molecule has 0 radical (unpaired) electrons. The van der Waals surface area contributed by atoms with Crippen LogP contribution in [0.2, 0.25) is 0 Å². The summed E-state index contributed by atoms with van der Waals surface area (Å²) in [5.74, 6) is 0.0287. The Bertz CT molecular complexity index is 745. The summed E-state index contributed by atoms with van der Waals surface area (Å²) in [7, 11) is 0. The number of H-pyrrole nitrogens is 1. The van der Waals surface area contributed by atoms with Crippen molar-refractivity contribution >= 4 is 12.1 Å². The third kappa shape index (κ3) is 4.34. The highest BCUT2D eigenvalue weighted by molar-refractivity contribution is 5.93. The third-order valence-electron chi connectivity index (χ3n) is 3.28. The maximum Gasteiger partial charge on any atom is 0.291 e. The highest BCUT2D eigenvalue weighted by Gasteiger charge is 2.19. The fourth-order valence-electron chi connectivity index (χ4n) is 1.93. The van der Waals surface area contributed by atoms with Crippen LogP contribution in [-0.4, -0.2) is 34.0 Å². The molecule has 0 aliphatic carbocycles. The van der Waals surface area contributed by atoms with Gasteiger partial charge in [-0.05, 0) is 36.8 Å². The van der Waals surface area contributed by atoms with Gasteiger partial charge in [0, 0.05) is 11.1 Å². The van der Waals surface area contributed by atoms with Gasteiger partial charge < -0.3 is 9.84 Å². The Hall–Kier alpha value is -2.83. The molecular formula is C17H22N4O3. The summed E-state index contributed by atoms with van der Waals surface area (Å²) in [5.41, 5.74) is 4.14. The molecule has 1 amide bonds. The van der Waals surface area contributed by atoms with Gasteiger partial charge in [-0.25, -0.2) is 5.43 Å². The van der Waals surface area contributed by atoms with E-state index in [-0.39, 0.29) is 16.9 Å². The lowest BCUT2D eigenvalue weighted by Gasteiger charge is -2.14. The lowest BCUT2D eigenvalue weighted by atomic mass is 9.92. The van der Waals surface area contributed by atoms with Crippen LogP contribution >= 0.6 is 0 Å². The minimum atomic E-state index is -0.401. The minimum Gasteiger partial charge on any atom is -0.504 e. The number of hydrogen-bond acceptors (Lipinski definition) is 5. The molecule has 0 fully saturated rings. The first kappa shape index (κ1) is 17.5. The van der Waals surface area contributed by atoms with Crippen molar-refractivity contribution in [1.29, 1.82) is 0 Å². The zero-order valence-electron chi connectivity index (χ0n) is 14.3. The molecule has 2 aromatic rings. The Morgan fingerprint density at radius 3 is 2.79 bits per heavy atom. The van der Waals surface area contributed by atoms with Gasteiger partial charge >= 0.3 is 0 Å². The second kappa shape index (κ2) is 7.16. The van der Waals surface area contributed by atoms with E-state index in [4.69, 9.17) is 4.74 Å². The van der Waals surface area contributed by atoms with Gasteiger partial charge in [-0.1, -0.05) is 20.8 Å². The van der Waals surface area contributed by atoms with E-state index in [0.717, 1.165) is 5.69 Å². The number of phenolic OH excluding ortho intramolecular Hbond substituents is 1. The summed E-state index contributed by atoms with van der Waals surface area (Å²) < 4.78 is 5.30. The van der Waals surface area contributed by atoms with Crippen molar-refractivity contribution in [2.45, 2.75) is 33.1 Å². The fourth-order valence-corrected chi connectivity index (χ4v) is 1.93. The van der Waals surface area contributed by atoms with Gasteiger partial charge in [-0.15, -0.1) is 0 Å². The van der Waals surface area contributed by atoms with E-state index >= 15 is 0 Å². The maximum atomic E-state index is 12.0. The molecule has 0 aliphatic heterocycles. The summed E-state index contributed by atoms with van der Waals surface area (Å²) in [6, 6.07) is 6.52. The lowest BCUT2D eigenvalue weighted by molar-refractivity contribution is 0.0950. The average molecular weight is 330 g/mol. The first-order chi connectivity index (χ1) is 11.3. The number of aromatic hydroxyl groups is 1. The molecule has 1 aromatic carbocycles. The summed E-state index contributed by atoms with van der Waals surface area (Å²) in [6.07, 6.45) is 1.47. The number of phenols is 1. The van der Waals surface area contributed by atoms with Crippen molar-refractivity contribution in [3.8, 4) is 11.5 Å². The highest BCUT2D eigenvalue weighted by atomic mass is 16.5. The molecule has 1 heterocycles. The van der Waals surface area contributed by atoms with Crippen LogP contribution in [-0.2, 0) is 5.41 Å². The van der Waals surface area contributed by atoms with Crippen LogP contribution < -0.4 is 10.2 Å². The van der Waals surface area contributed by atoms with Gasteiger partial charge in [0.05, 0.1) is 12.8 Å². The van der Waals surface area contributed by atoms with Crippen LogP contribution in [0.15, 0.2) is 29.4 Å². The molecule has 128 valence electrons. The molecule has 24 heavy (non-hydrogen) atoms. The summed E-state index contributed by atoms with van der Waals surface area (Å²) >= 11 is 0. The van der Waals surface area contributed by atoms with Gasteiger partial charge in [-0.2, -0.15) is 10.2 Å². The Kier molecular flexibility index (Phi) is 5.23. The monoisotopic (exact) mass is 330 g/mol. The number of amides is 1. The minimum absolute atomic E-state index is 0.0595. The standard InChI is InChI=1S/C17H22N4O3/c1-5-24-14-8-11(6-7-13(14)22)10-18-21-16(23)12-9-15(20-19-12)17(2,3)4/h6-10,22H,5H2,1-4H3,(H,19,20)(H,21,23)/b18-10+. The van der Waals surface area contributed by atoms with Crippen LogP contribution in [0.3, 0.4) is 0 Å². The van der Waals surface area contributed by atoms with Gasteiger partial charge in [0.2, 0.25) is 0 Å². The van der Waals surface area contributed by atoms with E-state index in [9.17, 15) is 9.90 Å². The molecule has 0 saturated heterocycles. The van der Waals surface area contributed by atoms with Crippen LogP contribution in [0.4, 0.5) is 0 Å². The SMILES string of the molecule is CCOc1cc(/C=N/NC(=O)c2cc(C(C)(C)C)[nH]n2)ccc1O. The van der Waals surface area contributed by atoms with Gasteiger partial charge in [0.15, 0.2) is 17.2 Å². The van der Waals surface area contributed by atoms with E-state index in [1.165, 1.54) is 12.3 Å². The van der Waals surface area contributed by atoms with Crippen LogP contribution in [0.1, 0.15) is 49.4 Å². The lowest BCUT2D eigenvalue weighted by Crippen LogP contribution is -2.18. The van der Waals surface area contributed by atoms with E-state index in [0.29, 0.717) is 17.9 Å². The zero-order valence-corrected chi connectivity index (χ0v) is 14.3. The van der Waals surface area contributed by atoms with Crippen LogP contribution in [0.25, 0.3) is 0 Å². The Labute approximate surface area is 140 Å². The molecule has 3 N–H and O–H groups in total. The summed E-state index contributed by atoms with van der Waals surface area (Å²) in [4.78, 5) is 12.0. The van der Waals surface area contributed by atoms with E-state index in [1.807, 2.05) is 27.7 Å². The zero-order chi connectivity index (χ0) is 17.7.